The van der Waals surface area contributed by atoms with E-state index in [9.17, 15) is 18.0 Å². The summed E-state index contributed by atoms with van der Waals surface area (Å²) in [7, 11) is 1.60. The molecule has 0 aromatic rings. The van der Waals surface area contributed by atoms with Gasteiger partial charge in [-0.25, -0.2) is 0 Å². The fourth-order valence-electron chi connectivity index (χ4n) is 1.49. The first-order valence-electron chi connectivity index (χ1n) is 5.92. The van der Waals surface area contributed by atoms with E-state index in [2.05, 4.69) is 5.32 Å². The SMILES string of the molecule is CC(C)NC(CCN(C)CCC(F)(F)F)C(N)=O. The van der Waals surface area contributed by atoms with Crippen LogP contribution in [-0.4, -0.2) is 49.2 Å². The van der Waals surface area contributed by atoms with E-state index in [-0.39, 0.29) is 12.6 Å². The number of halogens is 3. The minimum atomic E-state index is -4.15. The van der Waals surface area contributed by atoms with Crippen LogP contribution < -0.4 is 11.1 Å². The summed E-state index contributed by atoms with van der Waals surface area (Å²) in [4.78, 5) is 12.7. The maximum atomic E-state index is 12.0. The third-order valence-electron chi connectivity index (χ3n) is 2.45. The van der Waals surface area contributed by atoms with Gasteiger partial charge in [-0.3, -0.25) is 4.79 Å². The molecule has 0 aliphatic carbocycles. The number of alkyl halides is 3. The summed E-state index contributed by atoms with van der Waals surface area (Å²) in [6.45, 7) is 4.08. The molecule has 4 nitrogen and oxygen atoms in total. The first-order valence-corrected chi connectivity index (χ1v) is 5.92. The molecule has 0 spiro atoms. The zero-order chi connectivity index (χ0) is 14.3. The van der Waals surface area contributed by atoms with Crippen LogP contribution in [0.5, 0.6) is 0 Å². The number of carbonyl (C=O) groups excluding carboxylic acids is 1. The maximum absolute atomic E-state index is 12.0. The van der Waals surface area contributed by atoms with Crippen molar-refractivity contribution in [3.63, 3.8) is 0 Å². The number of primary amides is 1. The van der Waals surface area contributed by atoms with Crippen LogP contribution >= 0.6 is 0 Å². The lowest BCUT2D eigenvalue weighted by Crippen LogP contribution is -2.46. The normalized spacial score (nSPS) is 14.2. The van der Waals surface area contributed by atoms with Gasteiger partial charge in [0.2, 0.25) is 5.91 Å². The Morgan fingerprint density at radius 2 is 1.89 bits per heavy atom. The summed E-state index contributed by atoms with van der Waals surface area (Å²) in [6, 6.07) is -0.402. The molecule has 108 valence electrons. The topological polar surface area (TPSA) is 58.4 Å². The lowest BCUT2D eigenvalue weighted by atomic mass is 10.1. The van der Waals surface area contributed by atoms with Gasteiger partial charge in [0.1, 0.15) is 0 Å². The van der Waals surface area contributed by atoms with Crippen molar-refractivity contribution in [2.75, 3.05) is 20.1 Å². The molecule has 0 radical (unpaired) electrons. The van der Waals surface area contributed by atoms with E-state index in [1.807, 2.05) is 13.8 Å². The number of amides is 1. The first-order chi connectivity index (χ1) is 8.11. The van der Waals surface area contributed by atoms with Crippen LogP contribution in [0.25, 0.3) is 0 Å². The lowest BCUT2D eigenvalue weighted by molar-refractivity contribution is -0.137. The second-order valence-electron chi connectivity index (χ2n) is 4.73. The van der Waals surface area contributed by atoms with E-state index in [1.165, 1.54) is 0 Å². The van der Waals surface area contributed by atoms with Crippen molar-refractivity contribution >= 4 is 5.91 Å². The molecule has 18 heavy (non-hydrogen) atoms. The van der Waals surface area contributed by atoms with E-state index in [0.717, 1.165) is 0 Å². The van der Waals surface area contributed by atoms with Gasteiger partial charge >= 0.3 is 6.18 Å². The minimum Gasteiger partial charge on any atom is -0.368 e. The average molecular weight is 269 g/mol. The number of carbonyl (C=O) groups is 1. The molecule has 0 aliphatic rings. The number of nitrogens with two attached hydrogens (primary N) is 1. The molecule has 0 fully saturated rings. The third kappa shape index (κ3) is 9.23. The summed E-state index contributed by atoms with van der Waals surface area (Å²) < 4.78 is 36.0. The molecule has 0 heterocycles. The van der Waals surface area contributed by atoms with Gasteiger partial charge in [0, 0.05) is 12.6 Å². The molecule has 1 amide bonds. The number of nitrogens with one attached hydrogen (secondary N) is 1. The summed E-state index contributed by atoms with van der Waals surface area (Å²) in [5.41, 5.74) is 5.21. The van der Waals surface area contributed by atoms with Gasteiger partial charge in [0.15, 0.2) is 0 Å². The monoisotopic (exact) mass is 269 g/mol. The van der Waals surface area contributed by atoms with Crippen LogP contribution in [0.4, 0.5) is 13.2 Å². The van der Waals surface area contributed by atoms with Crippen LogP contribution in [0.3, 0.4) is 0 Å². The summed E-state index contributed by atoms with van der Waals surface area (Å²) in [5, 5.41) is 2.98. The Morgan fingerprint density at radius 1 is 1.33 bits per heavy atom. The number of hydrogen-bond donors (Lipinski definition) is 2. The number of nitrogens with zero attached hydrogens (tertiary/aromatic N) is 1. The van der Waals surface area contributed by atoms with Crippen molar-refractivity contribution in [3.8, 4) is 0 Å². The van der Waals surface area contributed by atoms with Crippen LogP contribution in [-0.2, 0) is 4.79 Å². The zero-order valence-electron chi connectivity index (χ0n) is 11.0. The fourth-order valence-corrected chi connectivity index (χ4v) is 1.49. The van der Waals surface area contributed by atoms with Gasteiger partial charge < -0.3 is 16.0 Å². The zero-order valence-corrected chi connectivity index (χ0v) is 11.0. The van der Waals surface area contributed by atoms with Crippen LogP contribution in [0.15, 0.2) is 0 Å². The highest BCUT2D eigenvalue weighted by Gasteiger charge is 2.27. The molecule has 0 saturated heterocycles. The van der Waals surface area contributed by atoms with Gasteiger partial charge in [-0.1, -0.05) is 13.8 Å². The molecule has 0 saturated carbocycles. The average Bonchev–Trinajstić information content (AvgIpc) is 2.19. The first kappa shape index (κ1) is 17.2. The molecular weight excluding hydrogens is 247 g/mol. The smallest absolute Gasteiger partial charge is 0.368 e. The molecular formula is C11H22F3N3O. The molecule has 3 N–H and O–H groups in total. The summed E-state index contributed by atoms with van der Waals surface area (Å²) in [5.74, 6) is -0.479. The van der Waals surface area contributed by atoms with Crippen molar-refractivity contribution in [1.29, 1.82) is 0 Å². The maximum Gasteiger partial charge on any atom is 0.390 e. The predicted octanol–water partition coefficient (Wildman–Crippen LogP) is 1.11. The molecule has 0 bridgehead atoms. The Morgan fingerprint density at radius 3 is 2.28 bits per heavy atom. The van der Waals surface area contributed by atoms with Crippen LogP contribution in [0, 0.1) is 0 Å². The Bertz CT molecular complexity index is 256. The number of rotatable bonds is 8. The molecule has 1 atom stereocenters. The number of hydrogen-bond acceptors (Lipinski definition) is 3. The van der Waals surface area contributed by atoms with Crippen molar-refractivity contribution < 1.29 is 18.0 Å². The van der Waals surface area contributed by atoms with E-state index in [1.54, 1.807) is 11.9 Å². The van der Waals surface area contributed by atoms with Gasteiger partial charge in [-0.15, -0.1) is 0 Å². The van der Waals surface area contributed by atoms with E-state index < -0.39 is 24.5 Å². The molecule has 7 heteroatoms. The Kier molecular flexibility index (Phi) is 7.23. The largest absolute Gasteiger partial charge is 0.390 e. The third-order valence-corrected chi connectivity index (χ3v) is 2.45. The quantitative estimate of drug-likeness (QED) is 0.694. The second kappa shape index (κ2) is 7.58. The van der Waals surface area contributed by atoms with E-state index >= 15 is 0 Å². The van der Waals surface area contributed by atoms with Crippen molar-refractivity contribution in [2.24, 2.45) is 5.73 Å². The van der Waals surface area contributed by atoms with Crippen molar-refractivity contribution in [2.45, 2.75) is 44.9 Å². The van der Waals surface area contributed by atoms with Crippen LogP contribution in [0.2, 0.25) is 0 Å². The van der Waals surface area contributed by atoms with Gasteiger partial charge in [-0.05, 0) is 20.0 Å². The van der Waals surface area contributed by atoms with Crippen LogP contribution in [0.1, 0.15) is 26.7 Å². The van der Waals surface area contributed by atoms with Crippen molar-refractivity contribution in [3.05, 3.63) is 0 Å². The fraction of sp³-hybridized carbons (Fsp3) is 0.909. The minimum absolute atomic E-state index is 0.0728. The molecule has 0 rings (SSSR count). The molecule has 0 aromatic carbocycles. The van der Waals surface area contributed by atoms with Gasteiger partial charge in [0.05, 0.1) is 12.5 Å². The highest BCUT2D eigenvalue weighted by molar-refractivity contribution is 5.79. The summed E-state index contributed by atoms with van der Waals surface area (Å²) >= 11 is 0. The lowest BCUT2D eigenvalue weighted by Gasteiger charge is -2.22. The van der Waals surface area contributed by atoms with E-state index in [4.69, 9.17) is 5.73 Å². The second-order valence-corrected chi connectivity index (χ2v) is 4.73. The van der Waals surface area contributed by atoms with Gasteiger partial charge in [0.25, 0.3) is 0 Å². The highest BCUT2D eigenvalue weighted by atomic mass is 19.4. The predicted molar refractivity (Wildman–Crippen MR) is 64.0 cm³/mol. The molecule has 0 aromatic heterocycles. The van der Waals surface area contributed by atoms with E-state index in [0.29, 0.717) is 13.0 Å². The standard InChI is InChI=1S/C11H22F3N3O/c1-8(2)16-9(10(15)18)4-6-17(3)7-5-11(12,13)14/h8-9,16H,4-7H2,1-3H3,(H2,15,18). The Hall–Kier alpha value is -0.820. The Balaban J connectivity index is 4.00. The highest BCUT2D eigenvalue weighted by Crippen LogP contribution is 2.19. The summed E-state index contributed by atoms with van der Waals surface area (Å²) in [6.07, 6.45) is -4.59. The van der Waals surface area contributed by atoms with Gasteiger partial charge in [-0.2, -0.15) is 13.2 Å². The molecule has 0 aliphatic heterocycles. The van der Waals surface area contributed by atoms with Crippen molar-refractivity contribution in [1.82, 2.24) is 10.2 Å². The molecule has 1 unspecified atom stereocenters. The Labute approximate surface area is 106 Å².